The second-order valence-corrected chi connectivity index (χ2v) is 6.54. The zero-order valence-corrected chi connectivity index (χ0v) is 13.3. The molecule has 2 heterocycles. The second-order valence-electron chi connectivity index (χ2n) is 6.54. The van der Waals surface area contributed by atoms with Crippen LogP contribution in [0.1, 0.15) is 28.8 Å². The van der Waals surface area contributed by atoms with Crippen molar-refractivity contribution >= 4 is 11.6 Å². The van der Waals surface area contributed by atoms with E-state index in [9.17, 15) is 4.79 Å². The van der Waals surface area contributed by atoms with Gasteiger partial charge in [-0.3, -0.25) is 4.79 Å². The van der Waals surface area contributed by atoms with Crippen LogP contribution in [0.4, 0.5) is 5.69 Å². The Morgan fingerprint density at radius 1 is 1.24 bits per heavy atom. The van der Waals surface area contributed by atoms with E-state index in [0.29, 0.717) is 6.04 Å². The number of likely N-dealkylation sites (tertiary alicyclic amines) is 1. The van der Waals surface area contributed by atoms with Gasteiger partial charge in [-0.25, -0.2) is 0 Å². The number of hydrogen-bond donors (Lipinski definition) is 0. The Balaban J connectivity index is 1.82. The lowest BCUT2D eigenvalue weighted by molar-refractivity contribution is 0.0554. The molecule has 2 aliphatic rings. The van der Waals surface area contributed by atoms with E-state index in [-0.39, 0.29) is 5.91 Å². The minimum absolute atomic E-state index is 0.224. The van der Waals surface area contributed by atoms with Gasteiger partial charge in [-0.05, 0) is 56.6 Å². The molecule has 1 amide bonds. The van der Waals surface area contributed by atoms with Crippen molar-refractivity contribution in [3.05, 3.63) is 29.3 Å². The SMILES string of the molecule is CN1CCC[C@@H](N2CCc3cc(N(C)C)ccc3C2=O)C1. The highest BCUT2D eigenvalue weighted by Crippen LogP contribution is 2.27. The van der Waals surface area contributed by atoms with Gasteiger partial charge in [-0.15, -0.1) is 0 Å². The number of rotatable bonds is 2. The van der Waals surface area contributed by atoms with Gasteiger partial charge in [0.15, 0.2) is 0 Å². The molecule has 0 radical (unpaired) electrons. The fraction of sp³-hybridized carbons (Fsp3) is 0.588. The van der Waals surface area contributed by atoms with Gasteiger partial charge in [0, 0.05) is 44.5 Å². The molecule has 0 unspecified atom stereocenters. The van der Waals surface area contributed by atoms with Crippen molar-refractivity contribution in [2.24, 2.45) is 0 Å². The van der Waals surface area contributed by atoms with Gasteiger partial charge in [-0.1, -0.05) is 0 Å². The molecular formula is C17H25N3O. The number of carbonyl (C=O) groups is 1. The topological polar surface area (TPSA) is 26.8 Å². The number of likely N-dealkylation sites (N-methyl/N-ethyl adjacent to an activating group) is 1. The first-order valence-corrected chi connectivity index (χ1v) is 7.86. The van der Waals surface area contributed by atoms with Gasteiger partial charge in [-0.2, -0.15) is 0 Å². The number of carbonyl (C=O) groups excluding carboxylic acids is 1. The number of anilines is 1. The molecule has 3 rings (SSSR count). The first-order valence-electron chi connectivity index (χ1n) is 7.86. The van der Waals surface area contributed by atoms with Crippen LogP contribution in [0.3, 0.4) is 0 Å². The van der Waals surface area contributed by atoms with E-state index in [1.807, 2.05) is 26.2 Å². The predicted molar refractivity (Wildman–Crippen MR) is 86.0 cm³/mol. The summed E-state index contributed by atoms with van der Waals surface area (Å²) in [5.74, 6) is 0.224. The molecule has 0 N–H and O–H groups in total. The highest BCUT2D eigenvalue weighted by molar-refractivity contribution is 5.97. The summed E-state index contributed by atoms with van der Waals surface area (Å²) in [7, 11) is 6.23. The Labute approximate surface area is 127 Å². The highest BCUT2D eigenvalue weighted by Gasteiger charge is 2.31. The number of hydrogen-bond acceptors (Lipinski definition) is 3. The van der Waals surface area contributed by atoms with Crippen molar-refractivity contribution in [1.29, 1.82) is 0 Å². The van der Waals surface area contributed by atoms with Crippen LogP contribution < -0.4 is 4.90 Å². The summed E-state index contributed by atoms with van der Waals surface area (Å²) in [5.41, 5.74) is 3.28. The molecule has 1 atom stereocenters. The van der Waals surface area contributed by atoms with E-state index in [1.165, 1.54) is 17.7 Å². The van der Waals surface area contributed by atoms with Crippen LogP contribution in [0.2, 0.25) is 0 Å². The number of nitrogens with zero attached hydrogens (tertiary/aromatic N) is 3. The summed E-state index contributed by atoms with van der Waals surface area (Å²) >= 11 is 0. The lowest BCUT2D eigenvalue weighted by Crippen LogP contribution is -2.51. The Hall–Kier alpha value is -1.55. The van der Waals surface area contributed by atoms with Crippen LogP contribution in [0, 0.1) is 0 Å². The van der Waals surface area contributed by atoms with Crippen LogP contribution in [-0.4, -0.2) is 62.5 Å². The van der Waals surface area contributed by atoms with Crippen molar-refractivity contribution < 1.29 is 4.79 Å². The van der Waals surface area contributed by atoms with E-state index >= 15 is 0 Å². The minimum Gasteiger partial charge on any atom is -0.378 e. The van der Waals surface area contributed by atoms with Gasteiger partial charge >= 0.3 is 0 Å². The fourth-order valence-corrected chi connectivity index (χ4v) is 3.51. The number of fused-ring (bicyclic) bond motifs is 1. The zero-order chi connectivity index (χ0) is 15.0. The Morgan fingerprint density at radius 2 is 2.05 bits per heavy atom. The van der Waals surface area contributed by atoms with Crippen LogP contribution >= 0.6 is 0 Å². The van der Waals surface area contributed by atoms with Gasteiger partial charge in [0.25, 0.3) is 5.91 Å². The molecule has 4 heteroatoms. The van der Waals surface area contributed by atoms with E-state index < -0.39 is 0 Å². The molecule has 1 aromatic rings. The molecule has 0 saturated carbocycles. The summed E-state index contributed by atoms with van der Waals surface area (Å²) in [6, 6.07) is 6.61. The lowest BCUT2D eigenvalue weighted by atomic mass is 9.94. The molecule has 4 nitrogen and oxygen atoms in total. The van der Waals surface area contributed by atoms with Gasteiger partial charge in [0.1, 0.15) is 0 Å². The number of amides is 1. The van der Waals surface area contributed by atoms with Crippen LogP contribution in [0.5, 0.6) is 0 Å². The third-order valence-electron chi connectivity index (χ3n) is 4.76. The number of benzene rings is 1. The summed E-state index contributed by atoms with van der Waals surface area (Å²) < 4.78 is 0. The summed E-state index contributed by atoms with van der Waals surface area (Å²) in [4.78, 5) is 19.3. The van der Waals surface area contributed by atoms with Crippen molar-refractivity contribution in [1.82, 2.24) is 9.80 Å². The minimum atomic E-state index is 0.224. The van der Waals surface area contributed by atoms with Gasteiger partial charge in [0.05, 0.1) is 0 Å². The maximum Gasteiger partial charge on any atom is 0.254 e. The molecule has 0 spiro atoms. The third-order valence-corrected chi connectivity index (χ3v) is 4.76. The van der Waals surface area contributed by atoms with Crippen molar-refractivity contribution in [3.63, 3.8) is 0 Å². The largest absolute Gasteiger partial charge is 0.378 e. The summed E-state index contributed by atoms with van der Waals surface area (Å²) in [5, 5.41) is 0. The van der Waals surface area contributed by atoms with Crippen molar-refractivity contribution in [2.45, 2.75) is 25.3 Å². The second kappa shape index (κ2) is 5.68. The molecular weight excluding hydrogens is 262 g/mol. The van der Waals surface area contributed by atoms with E-state index in [4.69, 9.17) is 0 Å². The summed E-state index contributed by atoms with van der Waals surface area (Å²) in [6.07, 6.45) is 3.31. The Bertz CT molecular complexity index is 541. The first kappa shape index (κ1) is 14.4. The first-order chi connectivity index (χ1) is 10.1. The monoisotopic (exact) mass is 287 g/mol. The predicted octanol–water partition coefficient (Wildman–Crippen LogP) is 1.85. The fourth-order valence-electron chi connectivity index (χ4n) is 3.51. The molecule has 2 aliphatic heterocycles. The normalized spacial score (nSPS) is 23.1. The lowest BCUT2D eigenvalue weighted by Gasteiger charge is -2.40. The standard InChI is InChI=1S/C17H25N3O/c1-18(2)14-6-7-16-13(11-14)8-10-20(17(16)21)15-5-4-9-19(3)12-15/h6-7,11,15H,4-5,8-10,12H2,1-3H3/t15-/m1/s1. The van der Waals surface area contributed by atoms with Crippen LogP contribution in [0.25, 0.3) is 0 Å². The number of piperidine rings is 1. The quantitative estimate of drug-likeness (QED) is 0.830. The van der Waals surface area contributed by atoms with Crippen LogP contribution in [0.15, 0.2) is 18.2 Å². The molecule has 0 bridgehead atoms. The van der Waals surface area contributed by atoms with E-state index in [2.05, 4.69) is 27.8 Å². The Morgan fingerprint density at radius 3 is 2.76 bits per heavy atom. The summed E-state index contributed by atoms with van der Waals surface area (Å²) in [6.45, 7) is 3.03. The molecule has 21 heavy (non-hydrogen) atoms. The molecule has 114 valence electrons. The molecule has 0 aliphatic carbocycles. The maximum absolute atomic E-state index is 12.8. The maximum atomic E-state index is 12.8. The zero-order valence-electron chi connectivity index (χ0n) is 13.3. The average molecular weight is 287 g/mol. The van der Waals surface area contributed by atoms with Crippen molar-refractivity contribution in [2.75, 3.05) is 45.7 Å². The average Bonchev–Trinajstić information content (AvgIpc) is 2.47. The van der Waals surface area contributed by atoms with Gasteiger partial charge < -0.3 is 14.7 Å². The molecule has 1 fully saturated rings. The Kier molecular flexibility index (Phi) is 3.89. The van der Waals surface area contributed by atoms with Crippen LogP contribution in [-0.2, 0) is 6.42 Å². The molecule has 1 saturated heterocycles. The highest BCUT2D eigenvalue weighted by atomic mass is 16.2. The van der Waals surface area contributed by atoms with Crippen molar-refractivity contribution in [3.8, 4) is 0 Å². The van der Waals surface area contributed by atoms with E-state index in [1.54, 1.807) is 0 Å². The smallest absolute Gasteiger partial charge is 0.254 e. The van der Waals surface area contributed by atoms with E-state index in [0.717, 1.165) is 38.0 Å². The third kappa shape index (κ3) is 2.77. The molecule has 1 aromatic carbocycles. The molecule has 0 aromatic heterocycles. The van der Waals surface area contributed by atoms with Gasteiger partial charge in [0.2, 0.25) is 0 Å².